The van der Waals surface area contributed by atoms with E-state index < -0.39 is 0 Å². The van der Waals surface area contributed by atoms with Gasteiger partial charge in [0.05, 0.1) is 0 Å². The van der Waals surface area contributed by atoms with Gasteiger partial charge in [-0.15, -0.1) is 11.3 Å². The normalized spacial score (nSPS) is 10.8. The monoisotopic (exact) mass is 261 g/mol. The van der Waals surface area contributed by atoms with Crippen molar-refractivity contribution in [3.05, 3.63) is 45.4 Å². The highest BCUT2D eigenvalue weighted by atomic mass is 32.1. The van der Waals surface area contributed by atoms with Crippen molar-refractivity contribution in [1.29, 1.82) is 0 Å². The Morgan fingerprint density at radius 2 is 2.17 bits per heavy atom. The molecule has 0 radical (unpaired) electrons. The summed E-state index contributed by atoms with van der Waals surface area (Å²) in [6, 6.07) is 6.12. The third kappa shape index (κ3) is 3.31. The van der Waals surface area contributed by atoms with Crippen LogP contribution in [0.1, 0.15) is 27.9 Å². The van der Waals surface area contributed by atoms with Crippen LogP contribution in [0.15, 0.2) is 24.4 Å². The van der Waals surface area contributed by atoms with Crippen molar-refractivity contribution in [2.75, 3.05) is 5.73 Å². The molecule has 0 aliphatic heterocycles. The molecule has 0 aliphatic rings. The first-order chi connectivity index (χ1) is 8.69. The van der Waals surface area contributed by atoms with Gasteiger partial charge in [-0.1, -0.05) is 24.6 Å². The number of nitrogens with two attached hydrogens (primary N) is 1. The predicted octanol–water partition coefficient (Wildman–Crippen LogP) is 2.89. The van der Waals surface area contributed by atoms with Crippen LogP contribution in [0.4, 0.5) is 5.69 Å². The van der Waals surface area contributed by atoms with Crippen molar-refractivity contribution in [1.82, 2.24) is 10.3 Å². The summed E-state index contributed by atoms with van der Waals surface area (Å²) < 4.78 is 0. The van der Waals surface area contributed by atoms with Crippen LogP contribution in [0, 0.1) is 6.92 Å². The Bertz CT molecular complexity index is 520. The van der Waals surface area contributed by atoms with Crippen LogP contribution in [0.2, 0.25) is 0 Å². The molecule has 0 fully saturated rings. The molecule has 0 saturated heterocycles. The Balaban J connectivity index is 1.90. The number of hydrogen-bond donors (Lipinski definition) is 2. The smallest absolute Gasteiger partial charge is 0.107 e. The number of aromatic nitrogens is 1. The van der Waals surface area contributed by atoms with Crippen LogP contribution in [-0.2, 0) is 19.5 Å². The SMILES string of the molecule is CCc1cnc(CNCc2cc(C)ccc2N)s1. The topological polar surface area (TPSA) is 50.9 Å². The maximum Gasteiger partial charge on any atom is 0.107 e. The first-order valence-electron chi connectivity index (χ1n) is 6.18. The molecule has 4 heteroatoms. The molecule has 1 heterocycles. The zero-order chi connectivity index (χ0) is 13.0. The van der Waals surface area contributed by atoms with Gasteiger partial charge in [0.1, 0.15) is 5.01 Å². The molecule has 2 rings (SSSR count). The lowest BCUT2D eigenvalue weighted by atomic mass is 10.1. The van der Waals surface area contributed by atoms with E-state index in [0.29, 0.717) is 0 Å². The van der Waals surface area contributed by atoms with Gasteiger partial charge >= 0.3 is 0 Å². The Labute approximate surface area is 112 Å². The van der Waals surface area contributed by atoms with E-state index in [4.69, 9.17) is 5.73 Å². The summed E-state index contributed by atoms with van der Waals surface area (Å²) in [6.07, 6.45) is 3.02. The molecule has 0 aliphatic carbocycles. The summed E-state index contributed by atoms with van der Waals surface area (Å²) in [4.78, 5) is 5.72. The van der Waals surface area contributed by atoms with Crippen LogP contribution in [-0.4, -0.2) is 4.98 Å². The molecule has 0 spiro atoms. The Kier molecular flexibility index (Phi) is 4.33. The maximum atomic E-state index is 5.94. The van der Waals surface area contributed by atoms with Crippen LogP contribution in [0.5, 0.6) is 0 Å². The molecule has 1 aromatic heterocycles. The van der Waals surface area contributed by atoms with E-state index in [1.54, 1.807) is 11.3 Å². The van der Waals surface area contributed by atoms with Gasteiger partial charge in [0, 0.05) is 29.9 Å². The number of hydrogen-bond acceptors (Lipinski definition) is 4. The van der Waals surface area contributed by atoms with Gasteiger partial charge in [-0.2, -0.15) is 0 Å². The fraction of sp³-hybridized carbons (Fsp3) is 0.357. The average Bonchev–Trinajstić information content (AvgIpc) is 2.81. The molecule has 18 heavy (non-hydrogen) atoms. The molecular formula is C14H19N3S. The number of nitrogen functional groups attached to an aromatic ring is 1. The molecule has 0 bridgehead atoms. The zero-order valence-electron chi connectivity index (χ0n) is 10.9. The number of nitrogens with one attached hydrogen (secondary N) is 1. The Morgan fingerprint density at radius 1 is 1.33 bits per heavy atom. The van der Waals surface area contributed by atoms with Gasteiger partial charge in [-0.25, -0.2) is 4.98 Å². The van der Waals surface area contributed by atoms with Crippen LogP contribution >= 0.6 is 11.3 Å². The van der Waals surface area contributed by atoms with E-state index in [9.17, 15) is 0 Å². The molecule has 0 saturated carbocycles. The van der Waals surface area contributed by atoms with Crippen molar-refractivity contribution in [3.63, 3.8) is 0 Å². The van der Waals surface area contributed by atoms with Crippen molar-refractivity contribution in [2.45, 2.75) is 33.4 Å². The molecule has 0 amide bonds. The lowest BCUT2D eigenvalue weighted by Gasteiger charge is -2.07. The van der Waals surface area contributed by atoms with Crippen LogP contribution < -0.4 is 11.1 Å². The van der Waals surface area contributed by atoms with E-state index in [2.05, 4.69) is 30.2 Å². The number of rotatable bonds is 5. The number of benzene rings is 1. The molecule has 3 N–H and O–H groups in total. The second-order valence-electron chi connectivity index (χ2n) is 4.38. The standard InChI is InChI=1S/C14H19N3S/c1-3-12-8-17-14(18-12)9-16-7-11-6-10(2)4-5-13(11)15/h4-6,8,16H,3,7,9,15H2,1-2H3. The minimum absolute atomic E-state index is 0.786. The summed E-state index contributed by atoms with van der Waals surface area (Å²) >= 11 is 1.77. The lowest BCUT2D eigenvalue weighted by molar-refractivity contribution is 0.691. The third-order valence-electron chi connectivity index (χ3n) is 2.84. The van der Waals surface area contributed by atoms with Crippen LogP contribution in [0.25, 0.3) is 0 Å². The molecule has 1 aromatic carbocycles. The predicted molar refractivity (Wildman–Crippen MR) is 77.6 cm³/mol. The minimum atomic E-state index is 0.786. The summed E-state index contributed by atoms with van der Waals surface area (Å²) in [5.41, 5.74) is 9.18. The summed E-state index contributed by atoms with van der Waals surface area (Å²) in [6.45, 7) is 5.82. The third-order valence-corrected chi connectivity index (χ3v) is 3.98. The highest BCUT2D eigenvalue weighted by Crippen LogP contribution is 2.15. The van der Waals surface area contributed by atoms with Gasteiger partial charge in [0.2, 0.25) is 0 Å². The van der Waals surface area contributed by atoms with E-state index in [1.165, 1.54) is 10.4 Å². The first kappa shape index (κ1) is 13.1. The quantitative estimate of drug-likeness (QED) is 0.814. The van der Waals surface area contributed by atoms with E-state index in [-0.39, 0.29) is 0 Å². The van der Waals surface area contributed by atoms with E-state index in [1.807, 2.05) is 18.3 Å². The molecule has 0 unspecified atom stereocenters. The summed E-state index contributed by atoms with van der Waals surface area (Å²) in [7, 11) is 0. The van der Waals surface area contributed by atoms with E-state index >= 15 is 0 Å². The van der Waals surface area contributed by atoms with Gasteiger partial charge in [-0.05, 0) is 25.0 Å². The lowest BCUT2D eigenvalue weighted by Crippen LogP contribution is -2.13. The van der Waals surface area contributed by atoms with Gasteiger partial charge < -0.3 is 11.1 Å². The molecule has 2 aromatic rings. The number of nitrogens with zero attached hydrogens (tertiary/aromatic N) is 1. The van der Waals surface area contributed by atoms with Gasteiger partial charge in [-0.3, -0.25) is 0 Å². The van der Waals surface area contributed by atoms with Crippen molar-refractivity contribution in [3.8, 4) is 0 Å². The fourth-order valence-electron chi connectivity index (χ4n) is 1.78. The molecule has 0 atom stereocenters. The van der Waals surface area contributed by atoms with Crippen molar-refractivity contribution >= 4 is 17.0 Å². The van der Waals surface area contributed by atoms with Crippen molar-refractivity contribution < 1.29 is 0 Å². The van der Waals surface area contributed by atoms with Gasteiger partial charge in [0.25, 0.3) is 0 Å². The van der Waals surface area contributed by atoms with Crippen molar-refractivity contribution in [2.24, 2.45) is 0 Å². The average molecular weight is 261 g/mol. The molecule has 3 nitrogen and oxygen atoms in total. The minimum Gasteiger partial charge on any atom is -0.398 e. The number of thiazole rings is 1. The number of anilines is 1. The summed E-state index contributed by atoms with van der Waals surface area (Å²) in [5.74, 6) is 0. The highest BCUT2D eigenvalue weighted by molar-refractivity contribution is 7.11. The fourth-order valence-corrected chi connectivity index (χ4v) is 2.62. The molecule has 96 valence electrons. The highest BCUT2D eigenvalue weighted by Gasteiger charge is 2.02. The first-order valence-corrected chi connectivity index (χ1v) is 7.00. The zero-order valence-corrected chi connectivity index (χ0v) is 11.7. The number of aryl methyl sites for hydroxylation is 2. The maximum absolute atomic E-state index is 5.94. The van der Waals surface area contributed by atoms with E-state index in [0.717, 1.165) is 35.8 Å². The Morgan fingerprint density at radius 3 is 2.89 bits per heavy atom. The largest absolute Gasteiger partial charge is 0.398 e. The van der Waals surface area contributed by atoms with Crippen LogP contribution in [0.3, 0.4) is 0 Å². The second kappa shape index (κ2) is 5.98. The molecular weight excluding hydrogens is 242 g/mol. The Hall–Kier alpha value is -1.39. The second-order valence-corrected chi connectivity index (χ2v) is 5.58. The van der Waals surface area contributed by atoms with Gasteiger partial charge in [0.15, 0.2) is 0 Å². The summed E-state index contributed by atoms with van der Waals surface area (Å²) in [5, 5.41) is 4.53.